The molecule has 0 aromatic heterocycles. The summed E-state index contributed by atoms with van der Waals surface area (Å²) in [7, 11) is 0. The van der Waals surface area contributed by atoms with E-state index < -0.39 is 37.9 Å². The van der Waals surface area contributed by atoms with Gasteiger partial charge in [-0.1, -0.05) is 0 Å². The SMILES string of the molecule is CCOC(=O)COP(=O)(OCC(=O)OCC)SCC(=O)OCC. The predicted molar refractivity (Wildman–Crippen MR) is 81.9 cm³/mol. The van der Waals surface area contributed by atoms with Crippen molar-refractivity contribution in [3.63, 3.8) is 0 Å². The third-order valence-electron chi connectivity index (χ3n) is 1.94. The average Bonchev–Trinajstić information content (AvgIpc) is 2.50. The molecular weight excluding hydrogens is 351 g/mol. The van der Waals surface area contributed by atoms with Crippen molar-refractivity contribution in [2.45, 2.75) is 20.8 Å². The van der Waals surface area contributed by atoms with Gasteiger partial charge in [-0.2, -0.15) is 0 Å². The second-order valence-electron chi connectivity index (χ2n) is 3.68. The Hall–Kier alpha value is -1.09. The monoisotopic (exact) mass is 372 g/mol. The molecule has 0 fully saturated rings. The normalized spacial score (nSPS) is 10.9. The van der Waals surface area contributed by atoms with Crippen molar-refractivity contribution in [1.29, 1.82) is 0 Å². The summed E-state index contributed by atoms with van der Waals surface area (Å²) < 4.78 is 36.2. The fourth-order valence-electron chi connectivity index (χ4n) is 1.12. The molecule has 23 heavy (non-hydrogen) atoms. The zero-order valence-corrected chi connectivity index (χ0v) is 15.0. The third kappa shape index (κ3) is 11.1. The standard InChI is InChI=1S/C12H21O9PS/c1-4-17-10(13)7-20-22(16,21-8-11(14)18-5-2)23-9-12(15)19-6-3/h4-9H2,1-3H3. The van der Waals surface area contributed by atoms with E-state index in [1.165, 1.54) is 0 Å². The van der Waals surface area contributed by atoms with Crippen molar-refractivity contribution >= 4 is 36.1 Å². The van der Waals surface area contributed by atoms with Crippen LogP contribution in [0.4, 0.5) is 0 Å². The first kappa shape index (κ1) is 21.9. The fourth-order valence-corrected chi connectivity index (χ4v) is 3.77. The van der Waals surface area contributed by atoms with Gasteiger partial charge in [-0.25, -0.2) is 14.2 Å². The molecule has 0 spiro atoms. The van der Waals surface area contributed by atoms with Crippen LogP contribution in [0.2, 0.25) is 0 Å². The largest absolute Gasteiger partial charge is 0.465 e. The van der Waals surface area contributed by atoms with Crippen molar-refractivity contribution < 1.29 is 42.2 Å². The lowest BCUT2D eigenvalue weighted by molar-refractivity contribution is -0.146. The van der Waals surface area contributed by atoms with Crippen LogP contribution in [0.3, 0.4) is 0 Å². The van der Waals surface area contributed by atoms with E-state index in [0.29, 0.717) is 11.4 Å². The Bertz CT molecular complexity index is 378. The molecule has 9 nitrogen and oxygen atoms in total. The molecule has 0 aromatic rings. The van der Waals surface area contributed by atoms with E-state index in [4.69, 9.17) is 13.8 Å². The molecule has 0 rings (SSSR count). The maximum atomic E-state index is 12.4. The van der Waals surface area contributed by atoms with Gasteiger partial charge in [0.05, 0.1) is 19.8 Å². The number of ether oxygens (including phenoxy) is 3. The van der Waals surface area contributed by atoms with E-state index in [1.807, 2.05) is 0 Å². The minimum atomic E-state index is -3.94. The van der Waals surface area contributed by atoms with Gasteiger partial charge >= 0.3 is 24.7 Å². The number of carbonyl (C=O) groups excluding carboxylic acids is 3. The molecule has 0 bridgehead atoms. The van der Waals surface area contributed by atoms with Gasteiger partial charge in [0.25, 0.3) is 0 Å². The van der Waals surface area contributed by atoms with E-state index in [1.54, 1.807) is 20.8 Å². The van der Waals surface area contributed by atoms with Crippen molar-refractivity contribution in [2.75, 3.05) is 38.8 Å². The molecule has 0 N–H and O–H groups in total. The lowest BCUT2D eigenvalue weighted by Gasteiger charge is -2.16. The first-order valence-electron chi connectivity index (χ1n) is 6.87. The topological polar surface area (TPSA) is 114 Å². The molecule has 0 aliphatic carbocycles. The summed E-state index contributed by atoms with van der Waals surface area (Å²) in [5.41, 5.74) is 0. The van der Waals surface area contributed by atoms with Gasteiger partial charge < -0.3 is 14.2 Å². The Labute approximate surface area is 138 Å². The first-order chi connectivity index (χ1) is 10.9. The lowest BCUT2D eigenvalue weighted by atomic mass is 10.7. The highest BCUT2D eigenvalue weighted by Gasteiger charge is 2.30. The molecule has 0 heterocycles. The van der Waals surface area contributed by atoms with Crippen molar-refractivity contribution in [2.24, 2.45) is 0 Å². The third-order valence-corrected chi connectivity index (χ3v) is 5.48. The summed E-state index contributed by atoms with van der Waals surface area (Å²) in [4.78, 5) is 33.8. The highest BCUT2D eigenvalue weighted by molar-refractivity contribution is 8.55. The summed E-state index contributed by atoms with van der Waals surface area (Å²) in [5.74, 6) is -2.44. The zero-order chi connectivity index (χ0) is 17.7. The van der Waals surface area contributed by atoms with Crippen LogP contribution in [-0.4, -0.2) is 56.7 Å². The molecule has 11 heteroatoms. The molecule has 0 saturated heterocycles. The van der Waals surface area contributed by atoms with Crippen LogP contribution in [0.15, 0.2) is 0 Å². The molecule has 0 aliphatic heterocycles. The van der Waals surface area contributed by atoms with Gasteiger partial charge in [-0.05, 0) is 32.2 Å². The van der Waals surface area contributed by atoms with E-state index in [9.17, 15) is 18.9 Å². The minimum Gasteiger partial charge on any atom is -0.465 e. The van der Waals surface area contributed by atoms with Crippen LogP contribution >= 0.6 is 18.2 Å². The second kappa shape index (κ2) is 12.3. The van der Waals surface area contributed by atoms with Crippen LogP contribution in [0.25, 0.3) is 0 Å². The van der Waals surface area contributed by atoms with Crippen LogP contribution < -0.4 is 0 Å². The summed E-state index contributed by atoms with van der Waals surface area (Å²) in [6.07, 6.45) is 0. The van der Waals surface area contributed by atoms with Crippen molar-refractivity contribution in [3.8, 4) is 0 Å². The fraction of sp³-hybridized carbons (Fsp3) is 0.750. The molecule has 0 unspecified atom stereocenters. The van der Waals surface area contributed by atoms with Crippen molar-refractivity contribution in [3.05, 3.63) is 0 Å². The summed E-state index contributed by atoms with van der Waals surface area (Å²) >= 11 is 0.513. The first-order valence-corrected chi connectivity index (χ1v) is 10.0. The Morgan fingerprint density at radius 3 is 1.57 bits per heavy atom. The van der Waals surface area contributed by atoms with E-state index in [-0.39, 0.29) is 25.6 Å². The van der Waals surface area contributed by atoms with Gasteiger partial charge in [0.15, 0.2) is 13.2 Å². The number of hydrogen-bond donors (Lipinski definition) is 0. The van der Waals surface area contributed by atoms with Crippen LogP contribution in [0.1, 0.15) is 20.8 Å². The van der Waals surface area contributed by atoms with Gasteiger partial charge in [0, 0.05) is 0 Å². The Morgan fingerprint density at radius 2 is 1.17 bits per heavy atom. The minimum absolute atomic E-state index is 0.131. The average molecular weight is 372 g/mol. The summed E-state index contributed by atoms with van der Waals surface area (Å²) in [5, 5.41) is 0. The maximum absolute atomic E-state index is 12.4. The van der Waals surface area contributed by atoms with E-state index in [0.717, 1.165) is 0 Å². The lowest BCUT2D eigenvalue weighted by Crippen LogP contribution is -2.15. The van der Waals surface area contributed by atoms with Crippen LogP contribution in [0.5, 0.6) is 0 Å². The van der Waals surface area contributed by atoms with E-state index >= 15 is 0 Å². The number of esters is 3. The quantitative estimate of drug-likeness (QED) is 0.284. The second-order valence-corrected chi connectivity index (χ2v) is 7.76. The van der Waals surface area contributed by atoms with Gasteiger partial charge in [-0.3, -0.25) is 13.8 Å². The molecule has 0 radical (unpaired) electrons. The predicted octanol–water partition coefficient (Wildman–Crippen LogP) is 1.55. The Balaban J connectivity index is 4.61. The summed E-state index contributed by atoms with van der Waals surface area (Å²) in [6.45, 7) is 0.0424. The molecule has 0 saturated carbocycles. The number of rotatable bonds is 12. The smallest absolute Gasteiger partial charge is 0.390 e. The molecule has 0 aromatic carbocycles. The maximum Gasteiger partial charge on any atom is 0.390 e. The highest BCUT2D eigenvalue weighted by atomic mass is 32.7. The Morgan fingerprint density at radius 1 is 0.783 bits per heavy atom. The van der Waals surface area contributed by atoms with Gasteiger partial charge in [0.1, 0.15) is 5.75 Å². The van der Waals surface area contributed by atoms with Gasteiger partial charge in [0.2, 0.25) is 0 Å². The number of carbonyl (C=O) groups is 3. The highest BCUT2D eigenvalue weighted by Crippen LogP contribution is 2.60. The van der Waals surface area contributed by atoms with Crippen molar-refractivity contribution in [1.82, 2.24) is 0 Å². The molecular formula is C12H21O9PS. The summed E-state index contributed by atoms with van der Waals surface area (Å²) in [6, 6.07) is 0. The van der Waals surface area contributed by atoms with Gasteiger partial charge in [-0.15, -0.1) is 0 Å². The Kier molecular flexibility index (Phi) is 11.8. The molecule has 0 amide bonds. The van der Waals surface area contributed by atoms with E-state index in [2.05, 4.69) is 9.47 Å². The molecule has 0 atom stereocenters. The molecule has 0 aliphatic rings. The zero-order valence-electron chi connectivity index (χ0n) is 13.3. The van der Waals surface area contributed by atoms with Crippen LogP contribution in [0, 0.1) is 0 Å². The van der Waals surface area contributed by atoms with Crippen LogP contribution in [-0.2, 0) is 42.2 Å². The number of hydrogen-bond acceptors (Lipinski definition) is 10. The molecule has 134 valence electrons.